The van der Waals surface area contributed by atoms with Gasteiger partial charge in [0.2, 0.25) is 11.8 Å². The van der Waals surface area contributed by atoms with Gasteiger partial charge in [0.05, 0.1) is 23.7 Å². The van der Waals surface area contributed by atoms with Gasteiger partial charge in [-0.15, -0.1) is 0 Å². The Hall–Kier alpha value is -3.68. The second kappa shape index (κ2) is 7.54. The SMILES string of the molecule is O=C(CC1NC(=O)c2ccccc2NC1=O)NC1CCCc2c1[nH]c1ccc(F)cc21. The fourth-order valence-corrected chi connectivity index (χ4v) is 4.47. The second-order valence-electron chi connectivity index (χ2n) is 7.98. The summed E-state index contributed by atoms with van der Waals surface area (Å²) in [6.07, 6.45) is 2.23. The first-order valence-electron chi connectivity index (χ1n) is 10.3. The number of hydrogen-bond donors (Lipinski definition) is 4. The van der Waals surface area contributed by atoms with Crippen LogP contribution < -0.4 is 16.0 Å². The number of benzene rings is 2. The number of hydrogen-bond acceptors (Lipinski definition) is 3. The standard InChI is InChI=1S/C23H21FN4O3/c24-12-8-9-17-15(10-12)13-5-3-7-18(21(13)26-17)25-20(29)11-19-23(31)27-16-6-2-1-4-14(16)22(30)28-19/h1-2,4,6,8-10,18-19,26H,3,5,7,11H2,(H,25,29)(H,27,31)(H,28,30). The van der Waals surface area contributed by atoms with Crippen molar-refractivity contribution in [1.29, 1.82) is 0 Å². The van der Waals surface area contributed by atoms with Gasteiger partial charge in [0.15, 0.2) is 0 Å². The van der Waals surface area contributed by atoms with Crippen LogP contribution in [-0.2, 0) is 16.0 Å². The number of para-hydroxylation sites is 1. The van der Waals surface area contributed by atoms with Crippen molar-refractivity contribution < 1.29 is 18.8 Å². The number of aromatic amines is 1. The number of rotatable bonds is 3. The molecule has 0 saturated carbocycles. The Morgan fingerprint density at radius 3 is 2.87 bits per heavy atom. The van der Waals surface area contributed by atoms with Crippen LogP contribution in [0.3, 0.4) is 0 Å². The first-order valence-corrected chi connectivity index (χ1v) is 10.3. The fraction of sp³-hybridized carbons (Fsp3) is 0.261. The molecule has 2 unspecified atom stereocenters. The van der Waals surface area contributed by atoms with Gasteiger partial charge in [0, 0.05) is 16.6 Å². The van der Waals surface area contributed by atoms with Crippen LogP contribution in [0.25, 0.3) is 10.9 Å². The Kier molecular flexibility index (Phi) is 4.69. The zero-order valence-electron chi connectivity index (χ0n) is 16.6. The van der Waals surface area contributed by atoms with E-state index in [2.05, 4.69) is 20.9 Å². The molecule has 2 heterocycles. The third-order valence-corrected chi connectivity index (χ3v) is 5.95. The molecule has 0 fully saturated rings. The Bertz CT molecular complexity index is 1220. The molecule has 3 amide bonds. The molecule has 5 rings (SSSR count). The number of nitrogens with one attached hydrogen (secondary N) is 4. The van der Waals surface area contributed by atoms with Gasteiger partial charge in [-0.25, -0.2) is 4.39 Å². The summed E-state index contributed by atoms with van der Waals surface area (Å²) in [4.78, 5) is 41.1. The summed E-state index contributed by atoms with van der Waals surface area (Å²) in [7, 11) is 0. The van der Waals surface area contributed by atoms with Crippen LogP contribution in [0.4, 0.5) is 10.1 Å². The van der Waals surface area contributed by atoms with E-state index in [0.29, 0.717) is 11.3 Å². The lowest BCUT2D eigenvalue weighted by molar-refractivity contribution is -0.126. The van der Waals surface area contributed by atoms with E-state index in [9.17, 15) is 18.8 Å². The van der Waals surface area contributed by atoms with Crippen molar-refractivity contribution in [3.05, 3.63) is 65.1 Å². The lowest BCUT2D eigenvalue weighted by Crippen LogP contribution is -2.45. The van der Waals surface area contributed by atoms with E-state index in [1.807, 2.05) is 0 Å². The summed E-state index contributed by atoms with van der Waals surface area (Å²) in [6.45, 7) is 0. The fourth-order valence-electron chi connectivity index (χ4n) is 4.47. The Morgan fingerprint density at radius 1 is 1.16 bits per heavy atom. The first kappa shape index (κ1) is 19.3. The quantitative estimate of drug-likeness (QED) is 0.524. The number of halogens is 1. The molecule has 1 aliphatic carbocycles. The van der Waals surface area contributed by atoms with Crippen LogP contribution in [0, 0.1) is 5.82 Å². The van der Waals surface area contributed by atoms with Crippen molar-refractivity contribution in [3.63, 3.8) is 0 Å². The van der Waals surface area contributed by atoms with Crippen molar-refractivity contribution in [1.82, 2.24) is 15.6 Å². The summed E-state index contributed by atoms with van der Waals surface area (Å²) in [5.41, 5.74) is 3.51. The van der Waals surface area contributed by atoms with Crippen LogP contribution in [0.15, 0.2) is 42.5 Å². The molecular formula is C23H21FN4O3. The van der Waals surface area contributed by atoms with Crippen LogP contribution in [0.5, 0.6) is 0 Å². The number of H-pyrrole nitrogens is 1. The van der Waals surface area contributed by atoms with Crippen LogP contribution in [0.2, 0.25) is 0 Å². The van der Waals surface area contributed by atoms with E-state index < -0.39 is 17.9 Å². The average molecular weight is 420 g/mol. The summed E-state index contributed by atoms with van der Waals surface area (Å²) >= 11 is 0. The Labute approximate surface area is 177 Å². The van der Waals surface area contributed by atoms with E-state index >= 15 is 0 Å². The van der Waals surface area contributed by atoms with E-state index in [4.69, 9.17) is 0 Å². The third-order valence-electron chi connectivity index (χ3n) is 5.95. The summed E-state index contributed by atoms with van der Waals surface area (Å²) in [5.74, 6) is -1.46. The van der Waals surface area contributed by atoms with Crippen LogP contribution in [-0.4, -0.2) is 28.7 Å². The van der Waals surface area contributed by atoms with Gasteiger partial charge < -0.3 is 20.9 Å². The molecule has 0 bridgehead atoms. The smallest absolute Gasteiger partial charge is 0.254 e. The van der Waals surface area contributed by atoms with Crippen molar-refractivity contribution >= 4 is 34.3 Å². The minimum atomic E-state index is -0.972. The molecule has 1 aliphatic heterocycles. The lowest BCUT2D eigenvalue weighted by atomic mass is 9.91. The van der Waals surface area contributed by atoms with E-state index in [-0.39, 0.29) is 24.2 Å². The Morgan fingerprint density at radius 2 is 2.00 bits per heavy atom. The molecule has 8 heteroatoms. The highest BCUT2D eigenvalue weighted by Gasteiger charge is 2.31. The number of carbonyl (C=O) groups is 3. The summed E-state index contributed by atoms with van der Waals surface area (Å²) in [6, 6.07) is 10.1. The minimum absolute atomic E-state index is 0.174. The molecule has 0 saturated heterocycles. The van der Waals surface area contributed by atoms with E-state index in [1.54, 1.807) is 30.3 Å². The van der Waals surface area contributed by atoms with E-state index in [1.165, 1.54) is 12.1 Å². The molecule has 2 aromatic carbocycles. The molecule has 2 atom stereocenters. The molecule has 158 valence electrons. The molecule has 4 N–H and O–H groups in total. The Balaban J connectivity index is 1.32. The van der Waals surface area contributed by atoms with Gasteiger partial charge in [-0.3, -0.25) is 14.4 Å². The molecule has 2 aliphatic rings. The molecule has 0 spiro atoms. The number of amides is 3. The molecule has 3 aromatic rings. The number of aromatic nitrogens is 1. The maximum absolute atomic E-state index is 13.7. The normalized spacial score (nSPS) is 20.3. The molecular weight excluding hydrogens is 399 g/mol. The number of carbonyl (C=O) groups excluding carboxylic acids is 3. The van der Waals surface area contributed by atoms with Gasteiger partial charge in [0.25, 0.3) is 5.91 Å². The largest absolute Gasteiger partial charge is 0.356 e. The maximum atomic E-state index is 13.7. The third kappa shape index (κ3) is 3.54. The highest BCUT2D eigenvalue weighted by molar-refractivity contribution is 6.10. The van der Waals surface area contributed by atoms with E-state index in [0.717, 1.165) is 41.4 Å². The minimum Gasteiger partial charge on any atom is -0.356 e. The number of fused-ring (bicyclic) bond motifs is 4. The molecule has 1 aromatic heterocycles. The van der Waals surface area contributed by atoms with Crippen LogP contribution >= 0.6 is 0 Å². The zero-order chi connectivity index (χ0) is 21.5. The number of anilines is 1. The van der Waals surface area contributed by atoms with Gasteiger partial charge in [-0.05, 0) is 55.2 Å². The van der Waals surface area contributed by atoms with Crippen LogP contribution in [0.1, 0.15) is 46.9 Å². The predicted molar refractivity (Wildman–Crippen MR) is 113 cm³/mol. The van der Waals surface area contributed by atoms with Crippen molar-refractivity contribution in [3.8, 4) is 0 Å². The predicted octanol–water partition coefficient (Wildman–Crippen LogP) is 2.94. The van der Waals surface area contributed by atoms with Gasteiger partial charge in [-0.2, -0.15) is 0 Å². The van der Waals surface area contributed by atoms with Gasteiger partial charge in [-0.1, -0.05) is 12.1 Å². The van der Waals surface area contributed by atoms with Crippen molar-refractivity contribution in [2.24, 2.45) is 0 Å². The van der Waals surface area contributed by atoms with Gasteiger partial charge in [0.1, 0.15) is 11.9 Å². The molecule has 7 nitrogen and oxygen atoms in total. The average Bonchev–Trinajstić information content (AvgIpc) is 3.07. The highest BCUT2D eigenvalue weighted by Crippen LogP contribution is 2.35. The first-order chi connectivity index (χ1) is 15.0. The molecule has 31 heavy (non-hydrogen) atoms. The maximum Gasteiger partial charge on any atom is 0.254 e. The highest BCUT2D eigenvalue weighted by atomic mass is 19.1. The molecule has 0 radical (unpaired) electrons. The van der Waals surface area contributed by atoms with Gasteiger partial charge >= 0.3 is 0 Å². The van der Waals surface area contributed by atoms with Crippen molar-refractivity contribution in [2.75, 3.05) is 5.32 Å². The summed E-state index contributed by atoms with van der Waals surface area (Å²) < 4.78 is 13.7. The topological polar surface area (TPSA) is 103 Å². The lowest BCUT2D eigenvalue weighted by Gasteiger charge is -2.24. The summed E-state index contributed by atoms with van der Waals surface area (Å²) in [5, 5.41) is 9.16. The zero-order valence-corrected chi connectivity index (χ0v) is 16.6. The number of aryl methyl sites for hydroxylation is 1. The van der Waals surface area contributed by atoms with Crippen molar-refractivity contribution in [2.45, 2.75) is 37.8 Å². The second-order valence-corrected chi connectivity index (χ2v) is 7.98. The monoisotopic (exact) mass is 420 g/mol.